The van der Waals surface area contributed by atoms with Crippen LogP contribution in [-0.2, 0) is 24.3 Å². The number of H-pyrrole nitrogens is 1. The van der Waals surface area contributed by atoms with E-state index in [4.69, 9.17) is 0 Å². The molecule has 8 rings (SSSR count). The lowest BCUT2D eigenvalue weighted by atomic mass is 9.49. The Kier molecular flexibility index (Phi) is 4.80. The highest BCUT2D eigenvalue weighted by Gasteiger charge is 2.51. The maximum absolute atomic E-state index is 13.2. The van der Waals surface area contributed by atoms with Gasteiger partial charge in [-0.15, -0.1) is 0 Å². The Bertz CT molecular complexity index is 1210. The second-order valence-corrected chi connectivity index (χ2v) is 11.6. The van der Waals surface area contributed by atoms with Gasteiger partial charge in [-0.25, -0.2) is 9.97 Å². The van der Waals surface area contributed by atoms with Crippen molar-refractivity contribution in [2.45, 2.75) is 64.5 Å². The third-order valence-corrected chi connectivity index (χ3v) is 9.07. The van der Waals surface area contributed by atoms with Crippen LogP contribution >= 0.6 is 0 Å². The van der Waals surface area contributed by atoms with Crippen LogP contribution in [0.4, 0.5) is 5.82 Å². The van der Waals surface area contributed by atoms with Crippen molar-refractivity contribution < 1.29 is 4.79 Å². The van der Waals surface area contributed by atoms with Crippen LogP contribution in [0.5, 0.6) is 0 Å². The Balaban J connectivity index is 1.03. The molecule has 4 aliphatic carbocycles. The molecule has 0 spiro atoms. The molecule has 1 aromatic carbocycles. The van der Waals surface area contributed by atoms with Crippen LogP contribution in [0, 0.1) is 23.2 Å². The molecule has 2 N–H and O–H groups in total. The Hall–Kier alpha value is -2.73. The van der Waals surface area contributed by atoms with Gasteiger partial charge in [-0.1, -0.05) is 12.1 Å². The number of hydrogen-bond acceptors (Lipinski definition) is 4. The van der Waals surface area contributed by atoms with Crippen molar-refractivity contribution >= 4 is 22.6 Å². The van der Waals surface area contributed by atoms with Crippen molar-refractivity contribution in [3.05, 3.63) is 53.6 Å². The Labute approximate surface area is 200 Å². The SMILES string of the molecule is O=C(CC12CC3CC(CC(C3)C1)C2)Nc1ncnc2c1CCN(Cc1ccc3cc[nH]c3c1)C2. The van der Waals surface area contributed by atoms with Crippen molar-refractivity contribution in [1.82, 2.24) is 19.9 Å². The van der Waals surface area contributed by atoms with Gasteiger partial charge in [0.25, 0.3) is 0 Å². The molecule has 3 aromatic rings. The third-order valence-electron chi connectivity index (χ3n) is 9.07. The van der Waals surface area contributed by atoms with Gasteiger partial charge in [0.1, 0.15) is 12.1 Å². The van der Waals surface area contributed by atoms with Crippen molar-refractivity contribution in [1.29, 1.82) is 0 Å². The Morgan fingerprint density at radius 2 is 1.88 bits per heavy atom. The molecule has 0 radical (unpaired) electrons. The topological polar surface area (TPSA) is 73.9 Å². The average molecular weight is 456 g/mol. The predicted octanol–water partition coefficient (Wildman–Crippen LogP) is 5.06. The van der Waals surface area contributed by atoms with Crippen LogP contribution in [0.15, 0.2) is 36.8 Å². The number of benzene rings is 1. The first-order valence-electron chi connectivity index (χ1n) is 13.0. The van der Waals surface area contributed by atoms with Gasteiger partial charge < -0.3 is 10.3 Å². The maximum Gasteiger partial charge on any atom is 0.226 e. The Morgan fingerprint density at radius 1 is 1.09 bits per heavy atom. The fourth-order valence-electron chi connectivity index (χ4n) is 8.13. The maximum atomic E-state index is 13.2. The van der Waals surface area contributed by atoms with E-state index in [0.717, 1.165) is 60.9 Å². The first kappa shape index (κ1) is 20.6. The smallest absolute Gasteiger partial charge is 0.226 e. The molecular weight excluding hydrogens is 422 g/mol. The van der Waals surface area contributed by atoms with Crippen molar-refractivity contribution in [2.75, 3.05) is 11.9 Å². The minimum Gasteiger partial charge on any atom is -0.361 e. The number of carbonyl (C=O) groups is 1. The van der Waals surface area contributed by atoms with Gasteiger partial charge in [0, 0.05) is 43.3 Å². The van der Waals surface area contributed by atoms with E-state index in [1.165, 1.54) is 55.0 Å². The molecule has 34 heavy (non-hydrogen) atoms. The number of aromatic nitrogens is 3. The Morgan fingerprint density at radius 3 is 2.68 bits per heavy atom. The van der Waals surface area contributed by atoms with E-state index in [2.05, 4.69) is 49.4 Å². The van der Waals surface area contributed by atoms with E-state index in [-0.39, 0.29) is 11.3 Å². The van der Waals surface area contributed by atoms with Gasteiger partial charge in [-0.3, -0.25) is 9.69 Å². The molecule has 4 saturated carbocycles. The summed E-state index contributed by atoms with van der Waals surface area (Å²) in [5.41, 5.74) is 4.91. The highest BCUT2D eigenvalue weighted by Crippen LogP contribution is 2.61. The molecule has 5 aliphatic rings. The number of fused-ring (bicyclic) bond motifs is 2. The number of anilines is 1. The molecule has 1 aliphatic heterocycles. The van der Waals surface area contributed by atoms with E-state index >= 15 is 0 Å². The zero-order chi connectivity index (χ0) is 22.7. The van der Waals surface area contributed by atoms with Crippen LogP contribution in [0.3, 0.4) is 0 Å². The standard InChI is InChI=1S/C28H33N5O/c34-26(14-28-11-19-7-20(12-28)9-21(8-19)13-28)32-27-23-4-6-33(16-25(23)30-17-31-27)15-18-1-2-22-3-5-29-24(22)10-18/h1-3,5,10,17,19-21,29H,4,6-9,11-16H2,(H,30,31,32,34). The van der Waals surface area contributed by atoms with Gasteiger partial charge in [0.2, 0.25) is 5.91 Å². The number of carbonyl (C=O) groups excluding carboxylic acids is 1. The number of amides is 1. The highest BCUT2D eigenvalue weighted by molar-refractivity contribution is 5.91. The zero-order valence-electron chi connectivity index (χ0n) is 19.7. The monoisotopic (exact) mass is 455 g/mol. The first-order chi connectivity index (χ1) is 16.6. The van der Waals surface area contributed by atoms with E-state index in [1.54, 1.807) is 6.33 Å². The summed E-state index contributed by atoms with van der Waals surface area (Å²) in [7, 11) is 0. The summed E-state index contributed by atoms with van der Waals surface area (Å²) >= 11 is 0. The summed E-state index contributed by atoms with van der Waals surface area (Å²) in [6, 6.07) is 8.73. The van der Waals surface area contributed by atoms with Gasteiger partial charge >= 0.3 is 0 Å². The molecule has 176 valence electrons. The van der Waals surface area contributed by atoms with Crippen molar-refractivity contribution in [3.8, 4) is 0 Å². The quantitative estimate of drug-likeness (QED) is 0.564. The van der Waals surface area contributed by atoms with Crippen LogP contribution in [0.2, 0.25) is 0 Å². The molecule has 6 nitrogen and oxygen atoms in total. The average Bonchev–Trinajstić information content (AvgIpc) is 3.26. The second-order valence-electron chi connectivity index (χ2n) is 11.6. The van der Waals surface area contributed by atoms with Crippen LogP contribution < -0.4 is 5.32 Å². The zero-order valence-corrected chi connectivity index (χ0v) is 19.7. The third kappa shape index (κ3) is 3.72. The molecular formula is C28H33N5O. The number of rotatable bonds is 5. The number of aromatic amines is 1. The molecule has 0 unspecified atom stereocenters. The summed E-state index contributed by atoms with van der Waals surface area (Å²) in [6.07, 6.45) is 13.2. The second kappa shape index (κ2) is 7.91. The van der Waals surface area contributed by atoms with Crippen molar-refractivity contribution in [2.24, 2.45) is 23.2 Å². The van der Waals surface area contributed by atoms with Crippen molar-refractivity contribution in [3.63, 3.8) is 0 Å². The van der Waals surface area contributed by atoms with Gasteiger partial charge in [-0.05, 0) is 91.2 Å². The first-order valence-corrected chi connectivity index (χ1v) is 13.0. The van der Waals surface area contributed by atoms with E-state index in [0.29, 0.717) is 6.42 Å². The molecule has 0 atom stereocenters. The van der Waals surface area contributed by atoms with E-state index in [1.807, 2.05) is 6.20 Å². The number of hydrogen-bond donors (Lipinski definition) is 2. The minimum absolute atomic E-state index is 0.157. The summed E-state index contributed by atoms with van der Waals surface area (Å²) in [6.45, 7) is 2.63. The van der Waals surface area contributed by atoms with Gasteiger partial charge in [0.05, 0.1) is 5.69 Å². The molecule has 2 aromatic heterocycles. The molecule has 0 saturated heterocycles. The lowest BCUT2D eigenvalue weighted by Crippen LogP contribution is -2.47. The summed E-state index contributed by atoms with van der Waals surface area (Å²) < 4.78 is 0. The fraction of sp³-hybridized carbons (Fsp3) is 0.536. The van der Waals surface area contributed by atoms with E-state index in [9.17, 15) is 4.79 Å². The van der Waals surface area contributed by atoms with Gasteiger partial charge in [-0.2, -0.15) is 0 Å². The normalized spacial score (nSPS) is 29.9. The largest absolute Gasteiger partial charge is 0.361 e. The lowest BCUT2D eigenvalue weighted by molar-refractivity contribution is -0.124. The minimum atomic E-state index is 0.157. The van der Waals surface area contributed by atoms with Crippen LogP contribution in [-0.4, -0.2) is 32.3 Å². The summed E-state index contributed by atoms with van der Waals surface area (Å²) in [5, 5.41) is 4.46. The summed E-state index contributed by atoms with van der Waals surface area (Å²) in [4.78, 5) is 28.0. The molecule has 4 fully saturated rings. The molecule has 3 heterocycles. The van der Waals surface area contributed by atoms with E-state index < -0.39 is 0 Å². The lowest BCUT2D eigenvalue weighted by Gasteiger charge is -2.56. The molecule has 1 amide bonds. The molecule has 6 heteroatoms. The highest BCUT2D eigenvalue weighted by atomic mass is 16.1. The number of nitrogens with zero attached hydrogens (tertiary/aromatic N) is 3. The summed E-state index contributed by atoms with van der Waals surface area (Å²) in [5.74, 6) is 3.51. The fourth-order valence-corrected chi connectivity index (χ4v) is 8.13. The van der Waals surface area contributed by atoms with Crippen LogP contribution in [0.1, 0.15) is 61.8 Å². The predicted molar refractivity (Wildman–Crippen MR) is 132 cm³/mol. The number of nitrogens with one attached hydrogen (secondary N) is 2. The molecule has 4 bridgehead atoms. The van der Waals surface area contributed by atoms with Gasteiger partial charge in [0.15, 0.2) is 0 Å². The van der Waals surface area contributed by atoms with Crippen LogP contribution in [0.25, 0.3) is 10.9 Å².